The first-order valence-corrected chi connectivity index (χ1v) is 8.78. The average Bonchev–Trinajstić information content (AvgIpc) is 3.12. The Hall–Kier alpha value is -3.67. The lowest BCUT2D eigenvalue weighted by molar-refractivity contribution is 0.102. The molecule has 1 amide bonds. The van der Waals surface area contributed by atoms with Crippen molar-refractivity contribution in [2.75, 3.05) is 17.2 Å². The lowest BCUT2D eigenvalue weighted by atomic mass is 10.1. The van der Waals surface area contributed by atoms with Gasteiger partial charge in [-0.05, 0) is 36.2 Å². The fraction of sp³-hybridized carbons (Fsp3) is 0.0952. The van der Waals surface area contributed by atoms with Crippen molar-refractivity contribution in [2.24, 2.45) is 0 Å². The van der Waals surface area contributed by atoms with Crippen molar-refractivity contribution in [1.82, 2.24) is 15.0 Å². The second-order valence-corrected chi connectivity index (χ2v) is 6.12. The molecule has 0 radical (unpaired) electrons. The average molecular weight is 357 g/mol. The zero-order valence-electron chi connectivity index (χ0n) is 14.6. The smallest absolute Gasteiger partial charge is 0.274 e. The Kier molecular flexibility index (Phi) is 4.78. The number of nitrogens with one attached hydrogen (secondary N) is 3. The van der Waals surface area contributed by atoms with Gasteiger partial charge in [0.2, 0.25) is 5.95 Å². The highest BCUT2D eigenvalue weighted by Crippen LogP contribution is 2.18. The Morgan fingerprint density at radius 2 is 1.81 bits per heavy atom. The summed E-state index contributed by atoms with van der Waals surface area (Å²) in [6, 6.07) is 19.1. The van der Waals surface area contributed by atoms with Crippen LogP contribution in [0.15, 0.2) is 73.1 Å². The number of hydrogen-bond acceptors (Lipinski definition) is 4. The van der Waals surface area contributed by atoms with Crippen molar-refractivity contribution in [3.63, 3.8) is 0 Å². The minimum atomic E-state index is -0.261. The summed E-state index contributed by atoms with van der Waals surface area (Å²) in [7, 11) is 0. The predicted molar refractivity (Wildman–Crippen MR) is 107 cm³/mol. The van der Waals surface area contributed by atoms with E-state index >= 15 is 0 Å². The van der Waals surface area contributed by atoms with Gasteiger partial charge in [-0.25, -0.2) is 9.97 Å². The van der Waals surface area contributed by atoms with Crippen LogP contribution in [0.4, 0.5) is 11.6 Å². The lowest BCUT2D eigenvalue weighted by Crippen LogP contribution is -2.16. The fourth-order valence-corrected chi connectivity index (χ4v) is 2.93. The number of benzene rings is 2. The summed E-state index contributed by atoms with van der Waals surface area (Å²) in [6.45, 7) is 0.672. The second kappa shape index (κ2) is 7.70. The van der Waals surface area contributed by atoms with Crippen LogP contribution < -0.4 is 10.6 Å². The van der Waals surface area contributed by atoms with Crippen LogP contribution in [-0.2, 0) is 6.42 Å². The van der Waals surface area contributed by atoms with E-state index in [4.69, 9.17) is 0 Å². The number of anilines is 2. The Morgan fingerprint density at radius 3 is 2.70 bits per heavy atom. The van der Waals surface area contributed by atoms with Gasteiger partial charge in [0.15, 0.2) is 0 Å². The maximum Gasteiger partial charge on any atom is 0.274 e. The molecule has 0 unspecified atom stereocenters. The Labute approximate surface area is 156 Å². The fourth-order valence-electron chi connectivity index (χ4n) is 2.93. The Balaban J connectivity index is 1.38. The summed E-state index contributed by atoms with van der Waals surface area (Å²) in [4.78, 5) is 24.1. The highest BCUT2D eigenvalue weighted by molar-refractivity contribution is 6.02. The molecule has 0 saturated carbocycles. The van der Waals surface area contributed by atoms with E-state index < -0.39 is 0 Å². The number of H-pyrrole nitrogens is 1. The van der Waals surface area contributed by atoms with Crippen LogP contribution in [-0.4, -0.2) is 27.4 Å². The van der Waals surface area contributed by atoms with E-state index in [0.29, 0.717) is 18.2 Å². The van der Waals surface area contributed by atoms with E-state index in [1.807, 2.05) is 48.7 Å². The third kappa shape index (κ3) is 3.95. The molecular formula is C21H19N5O. The third-order valence-corrected chi connectivity index (χ3v) is 4.27. The molecule has 0 aliphatic rings. The molecule has 2 aromatic carbocycles. The SMILES string of the molecule is O=C(Nc1ccccc1)c1ccnc(NCCc2c[nH]c3ccccc23)n1. The summed E-state index contributed by atoms with van der Waals surface area (Å²) in [5.41, 5.74) is 3.41. The Bertz CT molecular complexity index is 1060. The molecule has 0 saturated heterocycles. The van der Waals surface area contributed by atoms with Gasteiger partial charge in [0.05, 0.1) is 0 Å². The number of nitrogens with zero attached hydrogens (tertiary/aromatic N) is 2. The molecule has 0 aliphatic heterocycles. The molecule has 27 heavy (non-hydrogen) atoms. The molecule has 134 valence electrons. The zero-order chi connectivity index (χ0) is 18.5. The van der Waals surface area contributed by atoms with E-state index in [1.165, 1.54) is 10.9 Å². The van der Waals surface area contributed by atoms with E-state index in [1.54, 1.807) is 12.3 Å². The van der Waals surface area contributed by atoms with Crippen molar-refractivity contribution in [1.29, 1.82) is 0 Å². The van der Waals surface area contributed by atoms with Crippen molar-refractivity contribution >= 4 is 28.4 Å². The van der Waals surface area contributed by atoms with Gasteiger partial charge < -0.3 is 15.6 Å². The first-order chi connectivity index (χ1) is 13.3. The molecule has 0 atom stereocenters. The molecule has 4 aromatic rings. The molecule has 2 heterocycles. The van der Waals surface area contributed by atoms with Crippen LogP contribution in [0.3, 0.4) is 0 Å². The normalized spacial score (nSPS) is 10.7. The predicted octanol–water partition coefficient (Wildman–Crippen LogP) is 3.86. The number of carbonyl (C=O) groups is 1. The zero-order valence-corrected chi connectivity index (χ0v) is 14.6. The topological polar surface area (TPSA) is 82.7 Å². The van der Waals surface area contributed by atoms with Gasteiger partial charge in [0, 0.05) is 35.5 Å². The monoisotopic (exact) mass is 357 g/mol. The van der Waals surface area contributed by atoms with Gasteiger partial charge >= 0.3 is 0 Å². The number of amides is 1. The molecule has 2 aromatic heterocycles. The van der Waals surface area contributed by atoms with Crippen molar-refractivity contribution < 1.29 is 4.79 Å². The molecule has 6 nitrogen and oxygen atoms in total. The second-order valence-electron chi connectivity index (χ2n) is 6.12. The summed E-state index contributed by atoms with van der Waals surface area (Å²) in [5.74, 6) is 0.179. The summed E-state index contributed by atoms with van der Waals surface area (Å²) in [5, 5.41) is 7.23. The van der Waals surface area contributed by atoms with Gasteiger partial charge in [-0.2, -0.15) is 0 Å². The summed E-state index contributed by atoms with van der Waals surface area (Å²) in [6.07, 6.45) is 4.44. The van der Waals surface area contributed by atoms with E-state index in [0.717, 1.165) is 17.6 Å². The molecule has 0 bridgehead atoms. The number of fused-ring (bicyclic) bond motifs is 1. The van der Waals surface area contributed by atoms with Crippen LogP contribution in [0.25, 0.3) is 10.9 Å². The third-order valence-electron chi connectivity index (χ3n) is 4.27. The highest BCUT2D eigenvalue weighted by atomic mass is 16.1. The standard InChI is InChI=1S/C21H19N5O/c27-20(25-16-6-2-1-3-7-16)19-11-13-23-21(26-19)22-12-10-15-14-24-18-9-5-4-8-17(15)18/h1-9,11,13-14,24H,10,12H2,(H,25,27)(H,22,23,26). The molecule has 0 aliphatic carbocycles. The number of rotatable bonds is 6. The maximum atomic E-state index is 12.3. The molecule has 3 N–H and O–H groups in total. The van der Waals surface area contributed by atoms with Gasteiger partial charge in [0.25, 0.3) is 5.91 Å². The van der Waals surface area contributed by atoms with Gasteiger partial charge in [-0.1, -0.05) is 36.4 Å². The maximum absolute atomic E-state index is 12.3. The van der Waals surface area contributed by atoms with Crippen LogP contribution in [0.1, 0.15) is 16.1 Å². The molecule has 6 heteroatoms. The van der Waals surface area contributed by atoms with E-state index in [-0.39, 0.29) is 5.91 Å². The minimum absolute atomic E-state index is 0.261. The molecular weight excluding hydrogens is 338 g/mol. The summed E-state index contributed by atoms with van der Waals surface area (Å²) >= 11 is 0. The summed E-state index contributed by atoms with van der Waals surface area (Å²) < 4.78 is 0. The van der Waals surface area contributed by atoms with Crippen LogP contribution in [0.2, 0.25) is 0 Å². The van der Waals surface area contributed by atoms with Crippen LogP contribution in [0, 0.1) is 0 Å². The molecule has 0 fully saturated rings. The number of aromatic amines is 1. The first kappa shape index (κ1) is 16.8. The van der Waals surface area contributed by atoms with Crippen LogP contribution in [0.5, 0.6) is 0 Å². The highest BCUT2D eigenvalue weighted by Gasteiger charge is 2.09. The number of para-hydroxylation sites is 2. The van der Waals surface area contributed by atoms with Crippen molar-refractivity contribution in [2.45, 2.75) is 6.42 Å². The molecule has 0 spiro atoms. The van der Waals surface area contributed by atoms with Gasteiger partial charge in [0.1, 0.15) is 5.69 Å². The first-order valence-electron chi connectivity index (χ1n) is 8.78. The quantitative estimate of drug-likeness (QED) is 0.489. The lowest BCUT2D eigenvalue weighted by Gasteiger charge is -2.07. The number of aromatic nitrogens is 3. The van der Waals surface area contributed by atoms with Gasteiger partial charge in [-0.15, -0.1) is 0 Å². The number of hydrogen-bond donors (Lipinski definition) is 3. The van der Waals surface area contributed by atoms with E-state index in [2.05, 4.69) is 37.7 Å². The number of carbonyl (C=O) groups excluding carboxylic acids is 1. The largest absolute Gasteiger partial charge is 0.361 e. The van der Waals surface area contributed by atoms with Crippen molar-refractivity contribution in [3.8, 4) is 0 Å². The molecule has 4 rings (SSSR count). The van der Waals surface area contributed by atoms with Crippen LogP contribution >= 0.6 is 0 Å². The Morgan fingerprint density at radius 1 is 1.00 bits per heavy atom. The van der Waals surface area contributed by atoms with E-state index in [9.17, 15) is 4.79 Å². The minimum Gasteiger partial charge on any atom is -0.361 e. The van der Waals surface area contributed by atoms with Gasteiger partial charge in [-0.3, -0.25) is 4.79 Å². The van der Waals surface area contributed by atoms with Crippen molar-refractivity contribution in [3.05, 3.63) is 84.3 Å².